The number of piperidine rings is 1. The normalized spacial score (nSPS) is 15.0. The molecule has 1 amide bonds. The van der Waals surface area contributed by atoms with Crippen LogP contribution in [-0.4, -0.2) is 38.1 Å². The zero-order valence-electron chi connectivity index (χ0n) is 14.9. The molecule has 0 radical (unpaired) electrons. The van der Waals surface area contributed by atoms with Gasteiger partial charge in [-0.05, 0) is 42.0 Å². The van der Waals surface area contributed by atoms with Crippen molar-refractivity contribution in [2.45, 2.75) is 25.2 Å². The first-order chi connectivity index (χ1) is 12.2. The molecule has 0 aromatic heterocycles. The second-order valence-electron chi connectivity index (χ2n) is 6.43. The van der Waals surface area contributed by atoms with Crippen molar-refractivity contribution < 1.29 is 14.3 Å². The molecule has 132 valence electrons. The number of carbonyl (C=O) groups excluding carboxylic acids is 1. The number of methoxy groups -OCH3 is 2. The van der Waals surface area contributed by atoms with Gasteiger partial charge in [0.1, 0.15) is 0 Å². The summed E-state index contributed by atoms with van der Waals surface area (Å²) in [6, 6.07) is 16.3. The van der Waals surface area contributed by atoms with Crippen molar-refractivity contribution in [2.75, 3.05) is 27.3 Å². The first-order valence-electron chi connectivity index (χ1n) is 8.75. The summed E-state index contributed by atoms with van der Waals surface area (Å²) in [7, 11) is 3.22. The van der Waals surface area contributed by atoms with Gasteiger partial charge in [-0.2, -0.15) is 0 Å². The highest BCUT2D eigenvalue weighted by Crippen LogP contribution is 2.30. The molecular formula is C21H25NO3. The number of hydrogen-bond donors (Lipinski definition) is 0. The predicted octanol–water partition coefficient (Wildman–Crippen LogP) is 3.65. The monoisotopic (exact) mass is 339 g/mol. The molecule has 1 heterocycles. The lowest BCUT2D eigenvalue weighted by Gasteiger charge is -2.32. The highest BCUT2D eigenvalue weighted by molar-refractivity contribution is 5.79. The highest BCUT2D eigenvalue weighted by Gasteiger charge is 2.23. The first kappa shape index (κ1) is 17.3. The molecule has 1 fully saturated rings. The minimum Gasteiger partial charge on any atom is -0.493 e. The van der Waals surface area contributed by atoms with Crippen LogP contribution in [0.25, 0.3) is 0 Å². The van der Waals surface area contributed by atoms with Gasteiger partial charge >= 0.3 is 0 Å². The van der Waals surface area contributed by atoms with Gasteiger partial charge in [0, 0.05) is 13.1 Å². The van der Waals surface area contributed by atoms with Crippen LogP contribution in [-0.2, 0) is 11.2 Å². The lowest BCUT2D eigenvalue weighted by atomic mass is 9.89. The van der Waals surface area contributed by atoms with Crippen LogP contribution >= 0.6 is 0 Å². The lowest BCUT2D eigenvalue weighted by molar-refractivity contribution is -0.131. The number of amides is 1. The molecule has 1 aliphatic rings. The van der Waals surface area contributed by atoms with Crippen molar-refractivity contribution >= 4 is 5.91 Å². The molecule has 4 heteroatoms. The largest absolute Gasteiger partial charge is 0.493 e. The molecular weight excluding hydrogens is 314 g/mol. The molecule has 0 N–H and O–H groups in total. The fourth-order valence-corrected chi connectivity index (χ4v) is 3.46. The quantitative estimate of drug-likeness (QED) is 0.834. The van der Waals surface area contributed by atoms with Crippen LogP contribution in [0.15, 0.2) is 48.5 Å². The molecule has 0 unspecified atom stereocenters. The Morgan fingerprint density at radius 3 is 2.32 bits per heavy atom. The van der Waals surface area contributed by atoms with Gasteiger partial charge in [0.25, 0.3) is 0 Å². The first-order valence-corrected chi connectivity index (χ1v) is 8.75. The van der Waals surface area contributed by atoms with Crippen LogP contribution in [0.5, 0.6) is 11.5 Å². The molecule has 0 saturated carbocycles. The number of ether oxygens (including phenoxy) is 2. The average molecular weight is 339 g/mol. The average Bonchev–Trinajstić information content (AvgIpc) is 2.68. The molecule has 1 aliphatic heterocycles. The molecule has 0 bridgehead atoms. The Hall–Kier alpha value is -2.49. The molecule has 1 saturated heterocycles. The van der Waals surface area contributed by atoms with Crippen molar-refractivity contribution in [1.82, 2.24) is 4.90 Å². The molecule has 3 rings (SSSR count). The third kappa shape index (κ3) is 4.13. The Labute approximate surface area is 149 Å². The zero-order chi connectivity index (χ0) is 17.6. The maximum Gasteiger partial charge on any atom is 0.226 e. The molecule has 0 aliphatic carbocycles. The van der Waals surface area contributed by atoms with Gasteiger partial charge in [0.05, 0.1) is 20.6 Å². The summed E-state index contributed by atoms with van der Waals surface area (Å²) in [6.07, 6.45) is 2.46. The fourth-order valence-electron chi connectivity index (χ4n) is 3.46. The maximum atomic E-state index is 12.6. The maximum absolute atomic E-state index is 12.6. The molecule has 4 nitrogen and oxygen atoms in total. The summed E-state index contributed by atoms with van der Waals surface area (Å²) in [5, 5.41) is 0. The number of carbonyl (C=O) groups is 1. The summed E-state index contributed by atoms with van der Waals surface area (Å²) in [5.41, 5.74) is 2.34. The van der Waals surface area contributed by atoms with Gasteiger partial charge in [0.15, 0.2) is 11.5 Å². The summed E-state index contributed by atoms with van der Waals surface area (Å²) in [5.74, 6) is 2.09. The molecule has 0 spiro atoms. The van der Waals surface area contributed by atoms with Crippen molar-refractivity contribution in [1.29, 1.82) is 0 Å². The Bertz CT molecular complexity index is 706. The second kappa shape index (κ2) is 8.06. The van der Waals surface area contributed by atoms with E-state index in [1.165, 1.54) is 5.56 Å². The van der Waals surface area contributed by atoms with Crippen LogP contribution in [0.2, 0.25) is 0 Å². The number of rotatable bonds is 5. The van der Waals surface area contributed by atoms with Crippen LogP contribution in [0, 0.1) is 0 Å². The Balaban J connectivity index is 1.58. The lowest BCUT2D eigenvalue weighted by Crippen LogP contribution is -2.38. The predicted molar refractivity (Wildman–Crippen MR) is 98.2 cm³/mol. The van der Waals surface area contributed by atoms with E-state index in [0.717, 1.165) is 31.5 Å². The third-order valence-electron chi connectivity index (χ3n) is 4.92. The topological polar surface area (TPSA) is 38.8 Å². The van der Waals surface area contributed by atoms with Gasteiger partial charge < -0.3 is 14.4 Å². The summed E-state index contributed by atoms with van der Waals surface area (Å²) in [4.78, 5) is 14.6. The van der Waals surface area contributed by atoms with Gasteiger partial charge in [0.2, 0.25) is 5.91 Å². The van der Waals surface area contributed by atoms with E-state index in [2.05, 4.69) is 24.3 Å². The van der Waals surface area contributed by atoms with Gasteiger partial charge in [-0.3, -0.25) is 4.79 Å². The number of hydrogen-bond acceptors (Lipinski definition) is 3. The molecule has 2 aromatic carbocycles. The number of likely N-dealkylation sites (tertiary alicyclic amines) is 1. The third-order valence-corrected chi connectivity index (χ3v) is 4.92. The SMILES string of the molecule is COc1ccc(CC(=O)N2CCC(c3ccccc3)CC2)cc1OC. The smallest absolute Gasteiger partial charge is 0.226 e. The summed E-state index contributed by atoms with van der Waals surface area (Å²) in [6.45, 7) is 1.65. The zero-order valence-corrected chi connectivity index (χ0v) is 14.9. The van der Waals surface area contributed by atoms with Crippen LogP contribution in [0.4, 0.5) is 0 Å². The van der Waals surface area contributed by atoms with E-state index >= 15 is 0 Å². The minimum absolute atomic E-state index is 0.179. The van der Waals surface area contributed by atoms with Crippen LogP contribution in [0.1, 0.15) is 29.9 Å². The van der Waals surface area contributed by atoms with Gasteiger partial charge in [-0.1, -0.05) is 36.4 Å². The van der Waals surface area contributed by atoms with E-state index in [9.17, 15) is 4.79 Å². The summed E-state index contributed by atoms with van der Waals surface area (Å²) >= 11 is 0. The van der Waals surface area contributed by atoms with E-state index in [0.29, 0.717) is 23.8 Å². The Morgan fingerprint density at radius 2 is 1.68 bits per heavy atom. The van der Waals surface area contributed by atoms with E-state index in [1.54, 1.807) is 14.2 Å². The van der Waals surface area contributed by atoms with E-state index in [-0.39, 0.29) is 5.91 Å². The summed E-state index contributed by atoms with van der Waals surface area (Å²) < 4.78 is 10.6. The van der Waals surface area contributed by atoms with Crippen LogP contribution < -0.4 is 9.47 Å². The fraction of sp³-hybridized carbons (Fsp3) is 0.381. The highest BCUT2D eigenvalue weighted by atomic mass is 16.5. The Kier molecular flexibility index (Phi) is 5.59. The van der Waals surface area contributed by atoms with E-state index in [1.807, 2.05) is 29.2 Å². The molecule has 0 atom stereocenters. The molecule has 2 aromatic rings. The van der Waals surface area contributed by atoms with Crippen LogP contribution in [0.3, 0.4) is 0 Å². The van der Waals surface area contributed by atoms with Gasteiger partial charge in [-0.15, -0.1) is 0 Å². The molecule has 25 heavy (non-hydrogen) atoms. The number of benzene rings is 2. The van der Waals surface area contributed by atoms with E-state index in [4.69, 9.17) is 9.47 Å². The van der Waals surface area contributed by atoms with Gasteiger partial charge in [-0.25, -0.2) is 0 Å². The van der Waals surface area contributed by atoms with Crippen molar-refractivity contribution in [3.63, 3.8) is 0 Å². The number of nitrogens with zero attached hydrogens (tertiary/aromatic N) is 1. The Morgan fingerprint density at radius 1 is 1.00 bits per heavy atom. The van der Waals surface area contributed by atoms with Crippen molar-refractivity contribution in [3.05, 3.63) is 59.7 Å². The second-order valence-corrected chi connectivity index (χ2v) is 6.43. The van der Waals surface area contributed by atoms with Crippen molar-refractivity contribution in [3.8, 4) is 11.5 Å². The van der Waals surface area contributed by atoms with E-state index < -0.39 is 0 Å². The standard InChI is InChI=1S/C21H25NO3/c1-24-19-9-8-16(14-20(19)25-2)15-21(23)22-12-10-18(11-13-22)17-6-4-3-5-7-17/h3-9,14,18H,10-13,15H2,1-2H3. The van der Waals surface area contributed by atoms with Crippen molar-refractivity contribution in [2.24, 2.45) is 0 Å². The minimum atomic E-state index is 0.179.